The molecule has 0 radical (unpaired) electrons. The zero-order chi connectivity index (χ0) is 14.8. The first kappa shape index (κ1) is 14.6. The van der Waals surface area contributed by atoms with Crippen LogP contribution in [-0.4, -0.2) is 31.3 Å². The van der Waals surface area contributed by atoms with Crippen LogP contribution in [-0.2, 0) is 0 Å². The van der Waals surface area contributed by atoms with Gasteiger partial charge in [-0.25, -0.2) is 0 Å². The Morgan fingerprint density at radius 1 is 0.857 bits per heavy atom. The van der Waals surface area contributed by atoms with Gasteiger partial charge in [0.2, 0.25) is 0 Å². The van der Waals surface area contributed by atoms with Gasteiger partial charge in [-0.15, -0.1) is 0 Å². The number of hydrogen-bond acceptors (Lipinski definition) is 3. The topological polar surface area (TPSA) is 26.7 Å². The van der Waals surface area contributed by atoms with Crippen LogP contribution in [0.25, 0.3) is 0 Å². The van der Waals surface area contributed by atoms with Crippen molar-refractivity contribution in [3.63, 3.8) is 0 Å². The van der Waals surface area contributed by atoms with E-state index in [0.717, 1.165) is 43.7 Å². The minimum atomic E-state index is 0.429. The van der Waals surface area contributed by atoms with E-state index in [1.165, 1.54) is 31.4 Å². The highest BCUT2D eigenvalue weighted by atomic mass is 16.3. The van der Waals surface area contributed by atoms with Gasteiger partial charge in [-0.05, 0) is 55.7 Å². The van der Waals surface area contributed by atoms with Crippen LogP contribution in [0.2, 0.25) is 0 Å². The molecule has 1 aromatic rings. The molecule has 2 aliphatic rings. The summed E-state index contributed by atoms with van der Waals surface area (Å²) in [6.45, 7) is 9.08. The van der Waals surface area contributed by atoms with Crippen molar-refractivity contribution in [1.29, 1.82) is 0 Å². The van der Waals surface area contributed by atoms with Crippen LogP contribution in [0.4, 0.5) is 11.4 Å². The van der Waals surface area contributed by atoms with Gasteiger partial charge in [-0.1, -0.05) is 13.8 Å². The van der Waals surface area contributed by atoms with E-state index in [2.05, 4.69) is 35.8 Å². The molecule has 3 nitrogen and oxygen atoms in total. The van der Waals surface area contributed by atoms with Gasteiger partial charge < -0.3 is 14.9 Å². The maximum Gasteiger partial charge on any atom is 0.139 e. The first-order chi connectivity index (χ1) is 10.1. The Hall–Kier alpha value is -1.38. The van der Waals surface area contributed by atoms with Crippen LogP contribution in [0.15, 0.2) is 18.2 Å². The number of phenols is 1. The maximum atomic E-state index is 10.2. The fourth-order valence-corrected chi connectivity index (χ4v) is 3.48. The molecule has 2 saturated heterocycles. The monoisotopic (exact) mass is 288 g/mol. The summed E-state index contributed by atoms with van der Waals surface area (Å²) in [7, 11) is 0. The third kappa shape index (κ3) is 3.28. The summed E-state index contributed by atoms with van der Waals surface area (Å²) in [4.78, 5) is 4.82. The number of phenolic OH excluding ortho intramolecular Hbond substituents is 1. The third-order valence-corrected chi connectivity index (χ3v) is 5.23. The third-order valence-electron chi connectivity index (χ3n) is 5.23. The van der Waals surface area contributed by atoms with Crippen LogP contribution in [0.1, 0.15) is 39.5 Å². The van der Waals surface area contributed by atoms with Crippen molar-refractivity contribution in [3.05, 3.63) is 18.2 Å². The number of anilines is 2. The van der Waals surface area contributed by atoms with Crippen molar-refractivity contribution in [2.45, 2.75) is 39.5 Å². The summed E-state index contributed by atoms with van der Waals surface area (Å²) in [6.07, 6.45) is 5.00. The number of hydrogen-bond donors (Lipinski definition) is 1. The zero-order valence-corrected chi connectivity index (χ0v) is 13.4. The van der Waals surface area contributed by atoms with Gasteiger partial charge >= 0.3 is 0 Å². The van der Waals surface area contributed by atoms with E-state index in [4.69, 9.17) is 0 Å². The van der Waals surface area contributed by atoms with Gasteiger partial charge in [0.25, 0.3) is 0 Å². The first-order valence-corrected chi connectivity index (χ1v) is 8.46. The van der Waals surface area contributed by atoms with Gasteiger partial charge in [0.05, 0.1) is 5.69 Å². The van der Waals surface area contributed by atoms with Crippen molar-refractivity contribution in [3.8, 4) is 5.75 Å². The second kappa shape index (κ2) is 6.17. The molecule has 2 fully saturated rings. The fourth-order valence-electron chi connectivity index (χ4n) is 3.48. The molecule has 1 aromatic carbocycles. The standard InChI is InChI=1S/C18H28N2O/c1-14-5-9-19(10-6-14)16-3-4-18(21)17(13-16)20-11-7-15(2)8-12-20/h3-4,13-15,21H,5-12H2,1-2H3. The van der Waals surface area contributed by atoms with E-state index in [9.17, 15) is 5.11 Å². The molecule has 2 aliphatic heterocycles. The maximum absolute atomic E-state index is 10.2. The smallest absolute Gasteiger partial charge is 0.139 e. The van der Waals surface area contributed by atoms with Gasteiger partial charge in [0.15, 0.2) is 0 Å². The summed E-state index contributed by atoms with van der Waals surface area (Å²) in [6, 6.07) is 6.14. The van der Waals surface area contributed by atoms with Crippen molar-refractivity contribution >= 4 is 11.4 Å². The summed E-state index contributed by atoms with van der Waals surface area (Å²) in [5, 5.41) is 10.2. The minimum Gasteiger partial charge on any atom is -0.506 e. The highest BCUT2D eigenvalue weighted by Gasteiger charge is 2.21. The molecule has 0 aromatic heterocycles. The summed E-state index contributed by atoms with van der Waals surface area (Å²) in [5.41, 5.74) is 2.30. The van der Waals surface area contributed by atoms with E-state index in [-0.39, 0.29) is 0 Å². The van der Waals surface area contributed by atoms with Gasteiger partial charge in [0.1, 0.15) is 5.75 Å². The molecular weight excluding hydrogens is 260 g/mol. The second-order valence-corrected chi connectivity index (χ2v) is 7.01. The Labute approximate surface area is 128 Å². The number of aromatic hydroxyl groups is 1. The average Bonchev–Trinajstić information content (AvgIpc) is 2.50. The highest BCUT2D eigenvalue weighted by molar-refractivity contribution is 5.66. The lowest BCUT2D eigenvalue weighted by molar-refractivity contribution is 0.427. The second-order valence-electron chi connectivity index (χ2n) is 7.01. The normalized spacial score (nSPS) is 21.8. The number of benzene rings is 1. The molecule has 116 valence electrons. The first-order valence-electron chi connectivity index (χ1n) is 8.46. The quantitative estimate of drug-likeness (QED) is 0.895. The zero-order valence-electron chi connectivity index (χ0n) is 13.4. The molecule has 0 saturated carbocycles. The lowest BCUT2D eigenvalue weighted by Crippen LogP contribution is -2.34. The van der Waals surface area contributed by atoms with E-state index in [1.807, 2.05) is 6.07 Å². The van der Waals surface area contributed by atoms with Crippen molar-refractivity contribution in [2.24, 2.45) is 11.8 Å². The molecule has 3 rings (SSSR count). The predicted octanol–water partition coefficient (Wildman–Crippen LogP) is 3.86. The molecule has 0 aliphatic carbocycles. The number of nitrogens with zero attached hydrogens (tertiary/aromatic N) is 2. The SMILES string of the molecule is CC1CCN(c2ccc(O)c(N3CCC(C)CC3)c2)CC1. The highest BCUT2D eigenvalue weighted by Crippen LogP contribution is 2.35. The molecule has 1 N–H and O–H groups in total. The van der Waals surface area contributed by atoms with Crippen LogP contribution in [0.3, 0.4) is 0 Å². The molecule has 0 unspecified atom stereocenters. The van der Waals surface area contributed by atoms with E-state index < -0.39 is 0 Å². The molecule has 0 spiro atoms. The number of rotatable bonds is 2. The Kier molecular flexibility index (Phi) is 4.27. The number of piperidine rings is 2. The Bertz CT molecular complexity index is 472. The molecule has 0 atom stereocenters. The van der Waals surface area contributed by atoms with Crippen LogP contribution < -0.4 is 9.80 Å². The Morgan fingerprint density at radius 3 is 1.95 bits per heavy atom. The van der Waals surface area contributed by atoms with Crippen molar-refractivity contribution in [2.75, 3.05) is 36.0 Å². The van der Waals surface area contributed by atoms with E-state index in [1.54, 1.807) is 0 Å². The molecule has 2 heterocycles. The molecule has 0 bridgehead atoms. The largest absolute Gasteiger partial charge is 0.506 e. The molecule has 0 amide bonds. The minimum absolute atomic E-state index is 0.429. The fraction of sp³-hybridized carbons (Fsp3) is 0.667. The Morgan fingerprint density at radius 2 is 1.38 bits per heavy atom. The van der Waals surface area contributed by atoms with Gasteiger partial charge in [0, 0.05) is 31.9 Å². The van der Waals surface area contributed by atoms with Gasteiger partial charge in [-0.2, -0.15) is 0 Å². The lowest BCUT2D eigenvalue weighted by Gasteiger charge is -2.35. The lowest BCUT2D eigenvalue weighted by atomic mass is 9.97. The molecular formula is C18H28N2O. The van der Waals surface area contributed by atoms with E-state index in [0.29, 0.717) is 5.75 Å². The van der Waals surface area contributed by atoms with E-state index >= 15 is 0 Å². The Balaban J connectivity index is 1.76. The average molecular weight is 288 g/mol. The summed E-state index contributed by atoms with van der Waals surface area (Å²) in [5.74, 6) is 2.09. The predicted molar refractivity (Wildman–Crippen MR) is 89.3 cm³/mol. The van der Waals surface area contributed by atoms with Crippen LogP contribution in [0, 0.1) is 11.8 Å². The summed E-state index contributed by atoms with van der Waals surface area (Å²) < 4.78 is 0. The van der Waals surface area contributed by atoms with Crippen molar-refractivity contribution < 1.29 is 5.11 Å². The van der Waals surface area contributed by atoms with Crippen LogP contribution in [0.5, 0.6) is 5.75 Å². The molecule has 21 heavy (non-hydrogen) atoms. The molecule has 3 heteroatoms. The van der Waals surface area contributed by atoms with Crippen molar-refractivity contribution in [1.82, 2.24) is 0 Å². The van der Waals surface area contributed by atoms with Gasteiger partial charge in [-0.3, -0.25) is 0 Å². The summed E-state index contributed by atoms with van der Waals surface area (Å²) >= 11 is 0. The van der Waals surface area contributed by atoms with Crippen LogP contribution >= 0.6 is 0 Å².